The van der Waals surface area contributed by atoms with E-state index in [1.165, 1.54) is 6.07 Å². The van der Waals surface area contributed by atoms with Gasteiger partial charge < -0.3 is 16.0 Å². The minimum atomic E-state index is -3.58. The molecule has 15 nitrogen and oxygen atoms in total. The summed E-state index contributed by atoms with van der Waals surface area (Å²) in [6.07, 6.45) is 2.00. The number of sulfone groups is 1. The van der Waals surface area contributed by atoms with Crippen molar-refractivity contribution in [3.8, 4) is 0 Å². The van der Waals surface area contributed by atoms with Gasteiger partial charge in [0.1, 0.15) is 12.1 Å². The van der Waals surface area contributed by atoms with E-state index in [0.717, 1.165) is 23.8 Å². The van der Waals surface area contributed by atoms with Crippen molar-refractivity contribution < 1.29 is 37.4 Å². The molecule has 0 fully saturated rings. The van der Waals surface area contributed by atoms with E-state index >= 15 is 0 Å². The summed E-state index contributed by atoms with van der Waals surface area (Å²) in [6.45, 7) is 11.0. The Kier molecular flexibility index (Phi) is 15.9. The van der Waals surface area contributed by atoms with Gasteiger partial charge in [0.15, 0.2) is 15.6 Å². The minimum Gasteiger partial charge on any atom is -0.344 e. The Balaban J connectivity index is 3.23. The summed E-state index contributed by atoms with van der Waals surface area (Å²) in [7, 11) is -3.58. The topological polar surface area (TPSA) is 225 Å². The van der Waals surface area contributed by atoms with Crippen LogP contribution in [0.25, 0.3) is 0 Å². The SMILES string of the molecule is CC(C)C[C@H](NC(=O)[C@H](CC(C)C)NC(=O)[C@H](CC(C)C)NC(=O)Cc1cc(I)c([N+](=O)[O-])c([N+](=O)[O-])c1)C(=O)/C=C/S(C)(=O)=O. The summed E-state index contributed by atoms with van der Waals surface area (Å²) in [5, 5.41) is 31.4. The van der Waals surface area contributed by atoms with Gasteiger partial charge in [-0.15, -0.1) is 0 Å². The van der Waals surface area contributed by atoms with Gasteiger partial charge in [0.25, 0.3) is 0 Å². The monoisotopic (exact) mass is 779 g/mol. The lowest BCUT2D eigenvalue weighted by Crippen LogP contribution is -2.56. The van der Waals surface area contributed by atoms with Gasteiger partial charge in [-0.25, -0.2) is 8.42 Å². The summed E-state index contributed by atoms with van der Waals surface area (Å²) < 4.78 is 23.0. The molecule has 0 aliphatic heterocycles. The average molecular weight is 780 g/mol. The maximum absolute atomic E-state index is 13.5. The number of benzene rings is 1. The second-order valence-electron chi connectivity index (χ2n) is 12.3. The molecule has 1 aromatic carbocycles. The first-order valence-electron chi connectivity index (χ1n) is 14.5. The number of hydrogen-bond donors (Lipinski definition) is 3. The van der Waals surface area contributed by atoms with Crippen LogP contribution in [0.2, 0.25) is 0 Å². The van der Waals surface area contributed by atoms with E-state index in [9.17, 15) is 47.8 Å². The first kappa shape index (κ1) is 40.5. The standard InChI is InChI=1S/C29H42IN5O10S/c1-16(2)10-21(25(36)8-9-46(7,44)45)32-29(39)23(12-18(5)6)33-28(38)22(11-17(3)4)31-26(37)15-19-13-20(30)27(35(42)43)24(14-19)34(40)41/h8-9,13-14,16-18,21-23H,10-12,15H2,1-7H3,(H,31,37)(H,32,39)(H,33,38)/b9-8+/t21-,22-,23-/m0/s1. The van der Waals surface area contributed by atoms with Gasteiger partial charge in [0.2, 0.25) is 17.7 Å². The highest BCUT2D eigenvalue weighted by Gasteiger charge is 2.32. The molecule has 46 heavy (non-hydrogen) atoms. The fourth-order valence-electron chi connectivity index (χ4n) is 4.47. The van der Waals surface area contributed by atoms with E-state index in [2.05, 4.69) is 16.0 Å². The molecule has 0 heterocycles. The van der Waals surface area contributed by atoms with Gasteiger partial charge in [0, 0.05) is 17.7 Å². The molecule has 0 saturated carbocycles. The Morgan fingerprint density at radius 3 is 1.70 bits per heavy atom. The molecule has 0 radical (unpaired) electrons. The predicted octanol–water partition coefficient (Wildman–Crippen LogP) is 3.37. The van der Waals surface area contributed by atoms with Gasteiger partial charge in [-0.1, -0.05) is 41.5 Å². The molecule has 3 amide bonds. The van der Waals surface area contributed by atoms with Crippen molar-refractivity contribution in [2.24, 2.45) is 17.8 Å². The second kappa shape index (κ2) is 18.0. The van der Waals surface area contributed by atoms with Gasteiger partial charge >= 0.3 is 11.4 Å². The number of carbonyl (C=O) groups excluding carboxylic acids is 4. The lowest BCUT2D eigenvalue weighted by Gasteiger charge is -2.27. The van der Waals surface area contributed by atoms with E-state index in [-0.39, 0.29) is 46.1 Å². The van der Waals surface area contributed by atoms with E-state index in [0.29, 0.717) is 0 Å². The van der Waals surface area contributed by atoms with Crippen molar-refractivity contribution >= 4 is 67.3 Å². The van der Waals surface area contributed by atoms with Crippen molar-refractivity contribution in [1.29, 1.82) is 0 Å². The Morgan fingerprint density at radius 2 is 1.26 bits per heavy atom. The Morgan fingerprint density at radius 1 is 0.804 bits per heavy atom. The molecule has 17 heteroatoms. The van der Waals surface area contributed by atoms with Gasteiger partial charge in [-0.05, 0) is 77.3 Å². The number of nitrogens with one attached hydrogen (secondary N) is 3. The summed E-state index contributed by atoms with van der Waals surface area (Å²) in [5.74, 6) is -2.81. The second-order valence-corrected chi connectivity index (χ2v) is 15.4. The molecule has 3 atom stereocenters. The van der Waals surface area contributed by atoms with Crippen LogP contribution in [0.5, 0.6) is 0 Å². The number of nitro benzene ring substituents is 2. The molecule has 0 aromatic heterocycles. The Labute approximate surface area is 282 Å². The largest absolute Gasteiger partial charge is 0.359 e. The summed E-state index contributed by atoms with van der Waals surface area (Å²) in [4.78, 5) is 73.6. The minimum absolute atomic E-state index is 0.0281. The van der Waals surface area contributed by atoms with Crippen molar-refractivity contribution in [1.82, 2.24) is 16.0 Å². The van der Waals surface area contributed by atoms with Gasteiger partial charge in [-0.3, -0.25) is 39.4 Å². The van der Waals surface area contributed by atoms with Crippen LogP contribution < -0.4 is 16.0 Å². The van der Waals surface area contributed by atoms with Crippen molar-refractivity contribution in [3.63, 3.8) is 0 Å². The zero-order valence-corrected chi connectivity index (χ0v) is 29.8. The zero-order valence-electron chi connectivity index (χ0n) is 26.9. The molecule has 1 aromatic rings. The third-order valence-electron chi connectivity index (χ3n) is 6.39. The molecule has 0 unspecified atom stereocenters. The molecule has 0 bridgehead atoms. The van der Waals surface area contributed by atoms with Crippen molar-refractivity contribution in [2.45, 2.75) is 85.4 Å². The first-order valence-corrected chi connectivity index (χ1v) is 17.6. The van der Waals surface area contributed by atoms with E-state index in [1.54, 1.807) is 22.6 Å². The van der Waals surface area contributed by atoms with Crippen LogP contribution in [-0.4, -0.2) is 66.2 Å². The van der Waals surface area contributed by atoms with E-state index < -0.39 is 79.1 Å². The molecular formula is C29H42IN5O10S. The molecule has 0 aliphatic rings. The van der Waals surface area contributed by atoms with E-state index in [4.69, 9.17) is 0 Å². The molecule has 256 valence electrons. The van der Waals surface area contributed by atoms with Crippen molar-refractivity contribution in [2.75, 3.05) is 6.26 Å². The third-order valence-corrected chi connectivity index (χ3v) is 7.85. The molecule has 0 aliphatic carbocycles. The van der Waals surface area contributed by atoms with Gasteiger partial charge in [-0.2, -0.15) is 0 Å². The fraction of sp³-hybridized carbons (Fsp3) is 0.586. The fourth-order valence-corrected chi connectivity index (χ4v) is 5.72. The number of ketones is 1. The highest BCUT2D eigenvalue weighted by Crippen LogP contribution is 2.33. The van der Waals surface area contributed by atoms with Crippen LogP contribution in [-0.2, 0) is 35.4 Å². The predicted molar refractivity (Wildman–Crippen MR) is 179 cm³/mol. The smallest absolute Gasteiger partial charge is 0.344 e. The normalized spacial score (nSPS) is 13.8. The lowest BCUT2D eigenvalue weighted by molar-refractivity contribution is -0.423. The van der Waals surface area contributed by atoms with Crippen LogP contribution in [0.1, 0.15) is 66.4 Å². The van der Waals surface area contributed by atoms with Crippen LogP contribution in [0, 0.1) is 41.6 Å². The number of hydrogen-bond acceptors (Lipinski definition) is 10. The number of rotatable bonds is 18. The van der Waals surface area contributed by atoms with Crippen LogP contribution in [0.15, 0.2) is 23.6 Å². The van der Waals surface area contributed by atoms with Crippen LogP contribution >= 0.6 is 22.6 Å². The van der Waals surface area contributed by atoms with Gasteiger partial charge in [0.05, 0.1) is 25.9 Å². The number of nitrogens with zero attached hydrogens (tertiary/aromatic N) is 2. The summed E-state index contributed by atoms with van der Waals surface area (Å²) in [6, 6.07) is -1.02. The summed E-state index contributed by atoms with van der Waals surface area (Å²) in [5.41, 5.74) is -1.32. The lowest BCUT2D eigenvalue weighted by atomic mass is 9.97. The zero-order chi connectivity index (χ0) is 35.5. The first-order chi connectivity index (χ1) is 21.1. The van der Waals surface area contributed by atoms with Crippen molar-refractivity contribution in [3.05, 3.63) is 53.0 Å². The molecular weight excluding hydrogens is 737 g/mol. The maximum atomic E-state index is 13.5. The number of halogens is 1. The maximum Gasteiger partial charge on any atom is 0.359 e. The highest BCUT2D eigenvalue weighted by atomic mass is 127. The molecule has 1 rings (SSSR count). The Bertz CT molecular complexity index is 1460. The summed E-state index contributed by atoms with van der Waals surface area (Å²) >= 11 is 1.58. The Hall–Kier alpha value is -3.48. The number of carbonyl (C=O) groups is 4. The van der Waals surface area contributed by atoms with Crippen LogP contribution in [0.3, 0.4) is 0 Å². The molecule has 0 spiro atoms. The van der Waals surface area contributed by atoms with E-state index in [1.807, 2.05) is 41.5 Å². The average Bonchev–Trinajstić information content (AvgIpc) is 2.88. The number of nitro groups is 2. The molecule has 0 saturated heterocycles. The quantitative estimate of drug-likeness (QED) is 0.0853. The third kappa shape index (κ3) is 14.3. The molecule has 3 N–H and O–H groups in total. The van der Waals surface area contributed by atoms with Crippen LogP contribution in [0.4, 0.5) is 11.4 Å². The number of amides is 3. The highest BCUT2D eigenvalue weighted by molar-refractivity contribution is 14.1.